The lowest BCUT2D eigenvalue weighted by Gasteiger charge is -2.23. The van der Waals surface area contributed by atoms with Crippen molar-refractivity contribution in [3.8, 4) is 11.3 Å². The zero-order valence-electron chi connectivity index (χ0n) is 16.0. The molecule has 0 bridgehead atoms. The van der Waals surface area contributed by atoms with Crippen molar-refractivity contribution in [2.75, 3.05) is 50.5 Å². The summed E-state index contributed by atoms with van der Waals surface area (Å²) in [7, 11) is 4.15. The van der Waals surface area contributed by atoms with Gasteiger partial charge in [-0.1, -0.05) is 44.2 Å². The fourth-order valence-electron chi connectivity index (χ4n) is 2.68. The van der Waals surface area contributed by atoms with Crippen molar-refractivity contribution in [1.29, 1.82) is 0 Å². The second-order valence-electron chi connectivity index (χ2n) is 6.52. The van der Waals surface area contributed by atoms with E-state index in [-0.39, 0.29) is 0 Å². The Hall–Kier alpha value is -2.14. The SMILES string of the molecule is CCCN(CCC)c1nc(NCCN(C)C)cc(-c2ccccc2)n1. The van der Waals surface area contributed by atoms with Crippen LogP contribution in [0.5, 0.6) is 0 Å². The monoisotopic (exact) mass is 341 g/mol. The van der Waals surface area contributed by atoms with Crippen LogP contribution in [0.2, 0.25) is 0 Å². The largest absolute Gasteiger partial charge is 0.369 e. The van der Waals surface area contributed by atoms with Gasteiger partial charge >= 0.3 is 0 Å². The molecule has 0 aliphatic rings. The number of rotatable bonds is 10. The minimum Gasteiger partial charge on any atom is -0.369 e. The molecule has 1 aromatic heterocycles. The summed E-state index contributed by atoms with van der Waals surface area (Å²) in [5.41, 5.74) is 2.09. The van der Waals surface area contributed by atoms with Gasteiger partial charge in [-0.25, -0.2) is 4.98 Å². The second kappa shape index (κ2) is 9.99. The Balaban J connectivity index is 2.33. The Labute approximate surface area is 152 Å². The van der Waals surface area contributed by atoms with Crippen LogP contribution in [0.4, 0.5) is 11.8 Å². The third-order valence-electron chi connectivity index (χ3n) is 3.92. The van der Waals surface area contributed by atoms with Crippen LogP contribution in [0, 0.1) is 0 Å². The Morgan fingerprint density at radius 2 is 1.60 bits per heavy atom. The minimum absolute atomic E-state index is 0.817. The van der Waals surface area contributed by atoms with Crippen LogP contribution in [-0.2, 0) is 0 Å². The van der Waals surface area contributed by atoms with Crippen molar-refractivity contribution < 1.29 is 0 Å². The van der Waals surface area contributed by atoms with Gasteiger partial charge in [0.25, 0.3) is 0 Å². The maximum atomic E-state index is 4.85. The Morgan fingerprint density at radius 1 is 0.920 bits per heavy atom. The van der Waals surface area contributed by atoms with Gasteiger partial charge in [0.05, 0.1) is 5.69 Å². The van der Waals surface area contributed by atoms with Crippen molar-refractivity contribution in [2.24, 2.45) is 0 Å². The quantitative estimate of drug-likeness (QED) is 0.713. The number of nitrogens with one attached hydrogen (secondary N) is 1. The van der Waals surface area contributed by atoms with Crippen LogP contribution in [0.1, 0.15) is 26.7 Å². The summed E-state index contributed by atoms with van der Waals surface area (Å²) in [4.78, 5) is 14.1. The van der Waals surface area contributed by atoms with Crippen molar-refractivity contribution in [3.05, 3.63) is 36.4 Å². The number of likely N-dealkylation sites (N-methyl/N-ethyl adjacent to an activating group) is 1. The van der Waals surface area contributed by atoms with E-state index in [4.69, 9.17) is 9.97 Å². The van der Waals surface area contributed by atoms with E-state index < -0.39 is 0 Å². The van der Waals surface area contributed by atoms with E-state index in [2.05, 4.69) is 55.2 Å². The molecule has 136 valence electrons. The van der Waals surface area contributed by atoms with E-state index in [0.717, 1.165) is 62.0 Å². The van der Waals surface area contributed by atoms with Gasteiger partial charge in [0.1, 0.15) is 5.82 Å². The smallest absolute Gasteiger partial charge is 0.227 e. The van der Waals surface area contributed by atoms with Gasteiger partial charge in [0.15, 0.2) is 0 Å². The summed E-state index contributed by atoms with van der Waals surface area (Å²) in [6, 6.07) is 12.4. The van der Waals surface area contributed by atoms with Gasteiger partial charge in [-0.15, -0.1) is 0 Å². The predicted octanol–water partition coefficient (Wildman–Crippen LogP) is 3.74. The van der Waals surface area contributed by atoms with Gasteiger partial charge in [0.2, 0.25) is 5.95 Å². The van der Waals surface area contributed by atoms with Crippen molar-refractivity contribution in [3.63, 3.8) is 0 Å². The van der Waals surface area contributed by atoms with E-state index in [0.29, 0.717) is 0 Å². The Kier molecular flexibility index (Phi) is 7.67. The van der Waals surface area contributed by atoms with Crippen molar-refractivity contribution in [2.45, 2.75) is 26.7 Å². The molecule has 0 saturated heterocycles. The van der Waals surface area contributed by atoms with Crippen molar-refractivity contribution in [1.82, 2.24) is 14.9 Å². The first-order valence-corrected chi connectivity index (χ1v) is 9.22. The molecule has 0 unspecified atom stereocenters. The molecule has 0 radical (unpaired) electrons. The van der Waals surface area contributed by atoms with Gasteiger partial charge in [0, 0.05) is 37.8 Å². The summed E-state index contributed by atoms with van der Waals surface area (Å²) < 4.78 is 0. The van der Waals surface area contributed by atoms with E-state index in [1.165, 1.54) is 0 Å². The lowest BCUT2D eigenvalue weighted by atomic mass is 10.1. The fraction of sp³-hybridized carbons (Fsp3) is 0.500. The summed E-state index contributed by atoms with van der Waals surface area (Å²) in [6.07, 6.45) is 2.17. The number of hydrogen-bond donors (Lipinski definition) is 1. The molecule has 0 fully saturated rings. The van der Waals surface area contributed by atoms with Crippen LogP contribution in [0.25, 0.3) is 11.3 Å². The average molecular weight is 342 g/mol. The molecular formula is C20H31N5. The summed E-state index contributed by atoms with van der Waals surface area (Å²) >= 11 is 0. The average Bonchev–Trinajstić information content (AvgIpc) is 2.62. The van der Waals surface area contributed by atoms with E-state index >= 15 is 0 Å². The summed E-state index contributed by atoms with van der Waals surface area (Å²) in [5.74, 6) is 1.71. The van der Waals surface area contributed by atoms with E-state index in [9.17, 15) is 0 Å². The zero-order chi connectivity index (χ0) is 18.1. The molecule has 1 heterocycles. The van der Waals surface area contributed by atoms with Crippen LogP contribution >= 0.6 is 0 Å². The first-order chi connectivity index (χ1) is 12.1. The van der Waals surface area contributed by atoms with Crippen molar-refractivity contribution >= 4 is 11.8 Å². The second-order valence-corrected chi connectivity index (χ2v) is 6.52. The molecule has 0 atom stereocenters. The van der Waals surface area contributed by atoms with Gasteiger partial charge in [-0.05, 0) is 26.9 Å². The lowest BCUT2D eigenvalue weighted by molar-refractivity contribution is 0.425. The lowest BCUT2D eigenvalue weighted by Crippen LogP contribution is -2.27. The number of aromatic nitrogens is 2. The van der Waals surface area contributed by atoms with E-state index in [1.54, 1.807) is 0 Å². The Bertz CT molecular complexity index is 621. The number of anilines is 2. The number of benzene rings is 1. The summed E-state index contributed by atoms with van der Waals surface area (Å²) in [6.45, 7) is 8.17. The molecule has 0 aliphatic heterocycles. The minimum atomic E-state index is 0.817. The standard InChI is InChI=1S/C20H31N5/c1-5-13-25(14-6-2)20-22-18(17-10-8-7-9-11-17)16-19(23-20)21-12-15-24(3)4/h7-11,16H,5-6,12-15H2,1-4H3,(H,21,22,23). The summed E-state index contributed by atoms with van der Waals surface area (Å²) in [5, 5.41) is 3.45. The molecule has 25 heavy (non-hydrogen) atoms. The molecule has 5 heteroatoms. The Morgan fingerprint density at radius 3 is 2.20 bits per heavy atom. The maximum absolute atomic E-state index is 4.85. The maximum Gasteiger partial charge on any atom is 0.227 e. The zero-order valence-corrected chi connectivity index (χ0v) is 16.0. The van der Waals surface area contributed by atoms with Gasteiger partial charge < -0.3 is 15.1 Å². The number of hydrogen-bond acceptors (Lipinski definition) is 5. The van der Waals surface area contributed by atoms with Crippen LogP contribution in [0.3, 0.4) is 0 Å². The van der Waals surface area contributed by atoms with Crippen LogP contribution < -0.4 is 10.2 Å². The highest BCUT2D eigenvalue weighted by Crippen LogP contribution is 2.23. The highest BCUT2D eigenvalue weighted by molar-refractivity contribution is 5.64. The number of nitrogens with zero attached hydrogens (tertiary/aromatic N) is 4. The molecule has 5 nitrogen and oxygen atoms in total. The van der Waals surface area contributed by atoms with E-state index in [1.807, 2.05) is 24.3 Å². The van der Waals surface area contributed by atoms with Gasteiger partial charge in [-0.3, -0.25) is 0 Å². The molecule has 0 spiro atoms. The molecule has 2 rings (SSSR count). The topological polar surface area (TPSA) is 44.3 Å². The highest BCUT2D eigenvalue weighted by atomic mass is 15.3. The first kappa shape index (κ1) is 19.2. The van der Waals surface area contributed by atoms with Crippen LogP contribution in [-0.4, -0.2) is 55.1 Å². The molecule has 0 aliphatic carbocycles. The predicted molar refractivity (Wildman–Crippen MR) is 107 cm³/mol. The molecule has 0 saturated carbocycles. The highest BCUT2D eigenvalue weighted by Gasteiger charge is 2.12. The normalized spacial score (nSPS) is 10.9. The third-order valence-corrected chi connectivity index (χ3v) is 3.92. The molecule has 1 aromatic carbocycles. The molecule has 1 N–H and O–H groups in total. The third kappa shape index (κ3) is 6.02. The molecule has 0 amide bonds. The fourth-order valence-corrected chi connectivity index (χ4v) is 2.68. The first-order valence-electron chi connectivity index (χ1n) is 9.22. The molecule has 2 aromatic rings. The van der Waals surface area contributed by atoms with Gasteiger partial charge in [-0.2, -0.15) is 4.98 Å². The molecular weight excluding hydrogens is 310 g/mol. The van der Waals surface area contributed by atoms with Crippen LogP contribution in [0.15, 0.2) is 36.4 Å².